The number of quaternary nitrogens is 1. The van der Waals surface area contributed by atoms with Crippen molar-refractivity contribution in [2.45, 2.75) is 36.6 Å². The SMILES string of the molecule is C[N+]1(C2CCN(S(=O)(=O)c3cccc4ccccc34)CC2)CCCC1.[I-]. The first-order valence-electron chi connectivity index (χ1n) is 9.33. The van der Waals surface area contributed by atoms with Gasteiger partial charge in [-0.3, -0.25) is 0 Å². The fourth-order valence-electron chi connectivity index (χ4n) is 4.69. The molecule has 0 aromatic heterocycles. The molecule has 0 amide bonds. The van der Waals surface area contributed by atoms with Crippen LogP contribution in [0.4, 0.5) is 0 Å². The lowest BCUT2D eigenvalue weighted by Crippen LogP contribution is -3.00. The molecule has 0 saturated carbocycles. The molecule has 142 valence electrons. The molecule has 2 aromatic rings. The molecule has 0 atom stereocenters. The maximum atomic E-state index is 13.2. The molecule has 2 aliphatic heterocycles. The molecule has 2 fully saturated rings. The Labute approximate surface area is 173 Å². The molecular weight excluding hydrogens is 459 g/mol. The van der Waals surface area contributed by atoms with Gasteiger partial charge >= 0.3 is 0 Å². The Hall–Kier alpha value is -0.700. The van der Waals surface area contributed by atoms with Crippen molar-refractivity contribution >= 4 is 20.8 Å². The van der Waals surface area contributed by atoms with Gasteiger partial charge in [0.25, 0.3) is 0 Å². The number of piperidine rings is 1. The number of nitrogens with zero attached hydrogens (tertiary/aromatic N) is 2. The first-order chi connectivity index (χ1) is 12.0. The lowest BCUT2D eigenvalue weighted by Gasteiger charge is -2.42. The third-order valence-corrected chi connectivity index (χ3v) is 8.22. The maximum absolute atomic E-state index is 13.2. The quantitative estimate of drug-likeness (QED) is 0.461. The van der Waals surface area contributed by atoms with Crippen LogP contribution < -0.4 is 24.0 Å². The number of rotatable bonds is 3. The highest BCUT2D eigenvalue weighted by Crippen LogP contribution is 2.31. The summed E-state index contributed by atoms with van der Waals surface area (Å²) in [6.07, 6.45) is 4.57. The van der Waals surface area contributed by atoms with Gasteiger partial charge in [-0.2, -0.15) is 4.31 Å². The van der Waals surface area contributed by atoms with E-state index in [0.29, 0.717) is 24.0 Å². The van der Waals surface area contributed by atoms with Gasteiger partial charge in [-0.15, -0.1) is 0 Å². The van der Waals surface area contributed by atoms with Gasteiger partial charge in [0.15, 0.2) is 0 Å². The number of halogens is 1. The van der Waals surface area contributed by atoms with Gasteiger partial charge in [-0.1, -0.05) is 36.4 Å². The van der Waals surface area contributed by atoms with E-state index in [9.17, 15) is 8.42 Å². The molecule has 4 rings (SSSR count). The predicted molar refractivity (Wildman–Crippen MR) is 101 cm³/mol. The van der Waals surface area contributed by atoms with Gasteiger partial charge in [-0.05, 0) is 11.5 Å². The molecule has 0 radical (unpaired) electrons. The summed E-state index contributed by atoms with van der Waals surface area (Å²) >= 11 is 0. The Morgan fingerprint density at radius 3 is 2.27 bits per heavy atom. The second-order valence-electron chi connectivity index (χ2n) is 7.75. The second-order valence-corrected chi connectivity index (χ2v) is 9.65. The summed E-state index contributed by atoms with van der Waals surface area (Å²) in [5, 5.41) is 1.80. The number of sulfonamides is 1. The van der Waals surface area contributed by atoms with Gasteiger partial charge in [0.05, 0.1) is 31.1 Å². The first kappa shape index (κ1) is 20.0. The summed E-state index contributed by atoms with van der Waals surface area (Å²) in [7, 11) is -1.08. The number of hydrogen-bond acceptors (Lipinski definition) is 2. The molecule has 2 heterocycles. The average molecular weight is 486 g/mol. The van der Waals surface area contributed by atoms with E-state index in [1.54, 1.807) is 10.4 Å². The fraction of sp³-hybridized carbons (Fsp3) is 0.500. The summed E-state index contributed by atoms with van der Waals surface area (Å²) in [5.74, 6) is 0. The van der Waals surface area contributed by atoms with Crippen molar-refractivity contribution in [3.8, 4) is 0 Å². The Morgan fingerprint density at radius 2 is 1.58 bits per heavy atom. The number of benzene rings is 2. The van der Waals surface area contributed by atoms with Crippen LogP contribution in [0.5, 0.6) is 0 Å². The summed E-state index contributed by atoms with van der Waals surface area (Å²) < 4.78 is 29.3. The average Bonchev–Trinajstić information content (AvgIpc) is 3.09. The smallest absolute Gasteiger partial charge is 0.243 e. The van der Waals surface area contributed by atoms with Crippen molar-refractivity contribution in [1.82, 2.24) is 4.31 Å². The molecule has 0 spiro atoms. The van der Waals surface area contributed by atoms with E-state index in [1.807, 2.05) is 36.4 Å². The van der Waals surface area contributed by atoms with Crippen molar-refractivity contribution in [3.63, 3.8) is 0 Å². The van der Waals surface area contributed by atoms with Gasteiger partial charge in [0.1, 0.15) is 0 Å². The minimum Gasteiger partial charge on any atom is -1.00 e. The van der Waals surface area contributed by atoms with Crippen molar-refractivity contribution in [2.75, 3.05) is 33.2 Å². The van der Waals surface area contributed by atoms with E-state index in [-0.39, 0.29) is 24.0 Å². The zero-order valence-corrected chi connectivity index (χ0v) is 18.2. The van der Waals surface area contributed by atoms with E-state index < -0.39 is 10.0 Å². The molecule has 4 nitrogen and oxygen atoms in total. The molecule has 2 aliphatic rings. The highest BCUT2D eigenvalue weighted by atomic mass is 127. The first-order valence-corrected chi connectivity index (χ1v) is 10.8. The van der Waals surface area contributed by atoms with Gasteiger partial charge in [-0.25, -0.2) is 8.42 Å². The molecule has 0 aliphatic carbocycles. The van der Waals surface area contributed by atoms with Gasteiger partial charge in [0.2, 0.25) is 10.0 Å². The lowest BCUT2D eigenvalue weighted by molar-refractivity contribution is -0.923. The molecular formula is C20H27IN2O2S. The topological polar surface area (TPSA) is 37.4 Å². The van der Waals surface area contributed by atoms with Gasteiger partial charge in [0, 0.05) is 44.2 Å². The largest absolute Gasteiger partial charge is 1.00 e. The van der Waals surface area contributed by atoms with Crippen LogP contribution in [0.3, 0.4) is 0 Å². The fourth-order valence-corrected chi connectivity index (χ4v) is 6.37. The van der Waals surface area contributed by atoms with Crippen LogP contribution in [-0.2, 0) is 10.0 Å². The normalized spacial score (nSPS) is 21.6. The summed E-state index contributed by atoms with van der Waals surface area (Å²) in [4.78, 5) is 0.450. The van der Waals surface area contributed by atoms with E-state index in [0.717, 1.165) is 28.1 Å². The summed E-state index contributed by atoms with van der Waals surface area (Å²) in [6, 6.07) is 13.9. The number of fused-ring (bicyclic) bond motifs is 1. The second kappa shape index (κ2) is 7.73. The Kier molecular flexibility index (Phi) is 5.96. The number of likely N-dealkylation sites (tertiary alicyclic amines) is 1. The van der Waals surface area contributed by atoms with E-state index in [2.05, 4.69) is 7.05 Å². The van der Waals surface area contributed by atoms with E-state index in [4.69, 9.17) is 0 Å². The molecule has 0 unspecified atom stereocenters. The van der Waals surface area contributed by atoms with Crippen LogP contribution in [0.25, 0.3) is 10.8 Å². The van der Waals surface area contributed by atoms with Gasteiger partial charge < -0.3 is 28.5 Å². The molecule has 2 saturated heterocycles. The highest BCUT2D eigenvalue weighted by Gasteiger charge is 2.40. The third kappa shape index (κ3) is 3.53. The Balaban J connectivity index is 0.00000196. The molecule has 0 N–H and O–H groups in total. The molecule has 0 bridgehead atoms. The van der Waals surface area contributed by atoms with Crippen molar-refractivity contribution in [1.29, 1.82) is 0 Å². The minimum absolute atomic E-state index is 0. The van der Waals surface area contributed by atoms with Crippen LogP contribution >= 0.6 is 0 Å². The highest BCUT2D eigenvalue weighted by molar-refractivity contribution is 7.89. The molecule has 2 aromatic carbocycles. The minimum atomic E-state index is -3.43. The van der Waals surface area contributed by atoms with E-state index >= 15 is 0 Å². The van der Waals surface area contributed by atoms with Crippen LogP contribution in [0.2, 0.25) is 0 Å². The number of hydrogen-bond donors (Lipinski definition) is 0. The summed E-state index contributed by atoms with van der Waals surface area (Å²) in [5.41, 5.74) is 0. The Morgan fingerprint density at radius 1 is 0.962 bits per heavy atom. The lowest BCUT2D eigenvalue weighted by atomic mass is 10.0. The van der Waals surface area contributed by atoms with Crippen molar-refractivity contribution in [3.05, 3.63) is 42.5 Å². The van der Waals surface area contributed by atoms with Crippen molar-refractivity contribution in [2.24, 2.45) is 0 Å². The van der Waals surface area contributed by atoms with Crippen LogP contribution in [0, 0.1) is 0 Å². The van der Waals surface area contributed by atoms with Crippen LogP contribution in [0.15, 0.2) is 47.4 Å². The standard InChI is InChI=1S/C20H27N2O2S.HI/c1-22(15-4-5-16-22)18-11-13-21(14-12-18)25(23,24)20-10-6-8-17-7-2-3-9-19(17)20;/h2-3,6-10,18H,4-5,11-16H2,1H3;1H/q+1;/p-1. The third-order valence-electron chi connectivity index (χ3n) is 6.26. The predicted octanol–water partition coefficient (Wildman–Crippen LogP) is 0.237. The molecule has 26 heavy (non-hydrogen) atoms. The molecule has 6 heteroatoms. The van der Waals surface area contributed by atoms with Crippen LogP contribution in [-0.4, -0.2) is 56.5 Å². The Bertz CT molecular complexity index is 865. The zero-order valence-electron chi connectivity index (χ0n) is 15.3. The maximum Gasteiger partial charge on any atom is 0.243 e. The monoisotopic (exact) mass is 486 g/mol. The van der Waals surface area contributed by atoms with Crippen LogP contribution in [0.1, 0.15) is 25.7 Å². The zero-order chi connectivity index (χ0) is 17.5. The van der Waals surface area contributed by atoms with E-state index in [1.165, 1.54) is 25.9 Å². The summed E-state index contributed by atoms with van der Waals surface area (Å²) in [6.45, 7) is 3.79. The van der Waals surface area contributed by atoms with Crippen molar-refractivity contribution < 1.29 is 36.9 Å².